The Bertz CT molecular complexity index is 1040. The molecule has 6 nitrogen and oxygen atoms in total. The van der Waals surface area contributed by atoms with Gasteiger partial charge in [0.2, 0.25) is 0 Å². The highest BCUT2D eigenvalue weighted by Crippen LogP contribution is 2.20. The van der Waals surface area contributed by atoms with Crippen molar-refractivity contribution in [2.45, 2.75) is 25.3 Å². The van der Waals surface area contributed by atoms with Gasteiger partial charge in [0.1, 0.15) is 11.5 Å². The number of hydrogen-bond donors (Lipinski definition) is 2. The van der Waals surface area contributed by atoms with E-state index in [4.69, 9.17) is 9.47 Å². The van der Waals surface area contributed by atoms with Crippen LogP contribution in [0.1, 0.15) is 18.4 Å². The number of ether oxygens (including phenoxy) is 2. The molecule has 1 aliphatic carbocycles. The highest BCUT2D eigenvalue weighted by molar-refractivity contribution is 5.84. The van der Waals surface area contributed by atoms with E-state index >= 15 is 0 Å². The average Bonchev–Trinajstić information content (AvgIpc) is 3.61. The monoisotopic (exact) mass is 418 g/mol. The third-order valence-electron chi connectivity index (χ3n) is 5.06. The van der Waals surface area contributed by atoms with Crippen molar-refractivity contribution in [3.63, 3.8) is 0 Å². The summed E-state index contributed by atoms with van der Waals surface area (Å²) in [4.78, 5) is 23.7. The zero-order valence-electron chi connectivity index (χ0n) is 17.3. The SMILES string of the molecule is O=C(COc1ccc2ccccc2c1)NCCc1ccc(OCC(=O)NC2CC2)cc1. The molecule has 1 saturated carbocycles. The first-order valence-electron chi connectivity index (χ1n) is 10.5. The number of hydrogen-bond acceptors (Lipinski definition) is 4. The number of benzene rings is 3. The van der Waals surface area contributed by atoms with Crippen molar-refractivity contribution in [2.24, 2.45) is 0 Å². The Balaban J connectivity index is 1.14. The Morgan fingerprint density at radius 1 is 0.806 bits per heavy atom. The Labute approximate surface area is 181 Å². The highest BCUT2D eigenvalue weighted by atomic mass is 16.5. The number of fused-ring (bicyclic) bond motifs is 1. The quantitative estimate of drug-likeness (QED) is 0.530. The molecule has 1 aliphatic rings. The number of amides is 2. The average molecular weight is 418 g/mol. The smallest absolute Gasteiger partial charge is 0.258 e. The van der Waals surface area contributed by atoms with Gasteiger partial charge in [-0.2, -0.15) is 0 Å². The summed E-state index contributed by atoms with van der Waals surface area (Å²) in [7, 11) is 0. The molecule has 3 aromatic rings. The summed E-state index contributed by atoms with van der Waals surface area (Å²) in [6.07, 6.45) is 2.82. The first-order valence-corrected chi connectivity index (χ1v) is 10.5. The Kier molecular flexibility index (Phi) is 6.67. The molecule has 0 spiro atoms. The van der Waals surface area contributed by atoms with Crippen LogP contribution < -0.4 is 20.1 Å². The Hall–Kier alpha value is -3.54. The van der Waals surface area contributed by atoms with Crippen molar-refractivity contribution in [3.8, 4) is 11.5 Å². The largest absolute Gasteiger partial charge is 0.484 e. The number of carbonyl (C=O) groups excluding carboxylic acids is 2. The van der Waals surface area contributed by atoms with Crippen molar-refractivity contribution >= 4 is 22.6 Å². The highest BCUT2D eigenvalue weighted by Gasteiger charge is 2.23. The van der Waals surface area contributed by atoms with Crippen molar-refractivity contribution in [1.29, 1.82) is 0 Å². The molecule has 4 rings (SSSR count). The molecule has 31 heavy (non-hydrogen) atoms. The predicted octanol–water partition coefficient (Wildman–Crippen LogP) is 3.23. The lowest BCUT2D eigenvalue weighted by Gasteiger charge is -2.09. The maximum Gasteiger partial charge on any atom is 0.258 e. The second-order valence-electron chi connectivity index (χ2n) is 7.67. The minimum Gasteiger partial charge on any atom is -0.484 e. The first kappa shape index (κ1) is 20.7. The fraction of sp³-hybridized carbons (Fsp3) is 0.280. The van der Waals surface area contributed by atoms with Crippen LogP contribution in [-0.2, 0) is 16.0 Å². The van der Waals surface area contributed by atoms with Crippen LogP contribution in [0.2, 0.25) is 0 Å². The summed E-state index contributed by atoms with van der Waals surface area (Å²) >= 11 is 0. The van der Waals surface area contributed by atoms with Gasteiger partial charge in [0.05, 0.1) is 0 Å². The Morgan fingerprint density at radius 2 is 1.48 bits per heavy atom. The van der Waals surface area contributed by atoms with Gasteiger partial charge < -0.3 is 20.1 Å². The van der Waals surface area contributed by atoms with Gasteiger partial charge in [0.15, 0.2) is 13.2 Å². The van der Waals surface area contributed by atoms with E-state index in [9.17, 15) is 9.59 Å². The van der Waals surface area contributed by atoms with Gasteiger partial charge in [-0.15, -0.1) is 0 Å². The van der Waals surface area contributed by atoms with Crippen molar-refractivity contribution in [1.82, 2.24) is 10.6 Å². The zero-order valence-corrected chi connectivity index (χ0v) is 17.3. The molecular weight excluding hydrogens is 392 g/mol. The molecule has 2 amide bonds. The minimum absolute atomic E-state index is 0.0198. The lowest BCUT2D eigenvalue weighted by molar-refractivity contribution is -0.123. The molecule has 0 aliphatic heterocycles. The topological polar surface area (TPSA) is 76.7 Å². The maximum absolute atomic E-state index is 12.1. The molecule has 0 atom stereocenters. The summed E-state index contributed by atoms with van der Waals surface area (Å²) in [6, 6.07) is 21.7. The van der Waals surface area contributed by atoms with Crippen LogP contribution in [0.3, 0.4) is 0 Å². The maximum atomic E-state index is 12.1. The van der Waals surface area contributed by atoms with E-state index in [2.05, 4.69) is 10.6 Å². The minimum atomic E-state index is -0.158. The third kappa shape index (κ3) is 6.47. The fourth-order valence-electron chi connectivity index (χ4n) is 3.20. The van der Waals surface area contributed by atoms with Crippen molar-refractivity contribution < 1.29 is 19.1 Å². The summed E-state index contributed by atoms with van der Waals surface area (Å²) in [5, 5.41) is 7.97. The fourth-order valence-corrected chi connectivity index (χ4v) is 3.20. The molecule has 160 valence electrons. The van der Waals surface area contributed by atoms with Crippen LogP contribution in [0.25, 0.3) is 10.8 Å². The summed E-state index contributed by atoms with van der Waals surface area (Å²) in [5.74, 6) is 1.09. The molecule has 1 fully saturated rings. The van der Waals surface area contributed by atoms with E-state index < -0.39 is 0 Å². The molecule has 0 aromatic heterocycles. The van der Waals surface area contributed by atoms with E-state index in [0.29, 0.717) is 30.5 Å². The summed E-state index contributed by atoms with van der Waals surface area (Å²) in [5.41, 5.74) is 1.07. The molecule has 0 heterocycles. The standard InChI is InChI=1S/C25H26N2O4/c28-24(16-31-23-12-7-19-3-1-2-4-20(19)15-23)26-14-13-18-5-10-22(11-6-18)30-17-25(29)27-21-8-9-21/h1-7,10-12,15,21H,8-9,13-14,16-17H2,(H,26,28)(H,27,29). The van der Waals surface area contributed by atoms with Crippen molar-refractivity contribution in [3.05, 3.63) is 72.3 Å². The molecule has 3 aromatic carbocycles. The Morgan fingerprint density at radius 3 is 2.26 bits per heavy atom. The van der Waals surface area contributed by atoms with Gasteiger partial charge in [-0.05, 0) is 59.9 Å². The van der Waals surface area contributed by atoms with E-state index in [1.165, 1.54) is 0 Å². The van der Waals surface area contributed by atoms with Crippen molar-refractivity contribution in [2.75, 3.05) is 19.8 Å². The van der Waals surface area contributed by atoms with Gasteiger partial charge in [0.25, 0.3) is 11.8 Å². The zero-order chi connectivity index (χ0) is 21.5. The molecule has 2 N–H and O–H groups in total. The second kappa shape index (κ2) is 9.98. The lowest BCUT2D eigenvalue weighted by atomic mass is 10.1. The van der Waals surface area contributed by atoms with Gasteiger partial charge in [0, 0.05) is 12.6 Å². The third-order valence-corrected chi connectivity index (χ3v) is 5.06. The van der Waals surface area contributed by atoms with Crippen LogP contribution >= 0.6 is 0 Å². The molecular formula is C25H26N2O4. The number of carbonyl (C=O) groups is 2. The normalized spacial score (nSPS) is 12.9. The van der Waals surface area contributed by atoms with Crippen LogP contribution in [0.15, 0.2) is 66.7 Å². The molecule has 0 unspecified atom stereocenters. The van der Waals surface area contributed by atoms with Gasteiger partial charge in [-0.3, -0.25) is 9.59 Å². The van der Waals surface area contributed by atoms with Gasteiger partial charge in [-0.1, -0.05) is 42.5 Å². The number of rotatable bonds is 10. The van der Waals surface area contributed by atoms with Gasteiger partial charge in [-0.25, -0.2) is 0 Å². The van der Waals surface area contributed by atoms with Crippen LogP contribution in [0.5, 0.6) is 11.5 Å². The van der Waals surface area contributed by atoms with Crippen LogP contribution in [-0.4, -0.2) is 37.6 Å². The summed E-state index contributed by atoms with van der Waals surface area (Å²) in [6.45, 7) is 0.529. The predicted molar refractivity (Wildman–Crippen MR) is 119 cm³/mol. The number of nitrogens with one attached hydrogen (secondary N) is 2. The summed E-state index contributed by atoms with van der Waals surface area (Å²) < 4.78 is 11.1. The molecule has 0 saturated heterocycles. The first-order chi connectivity index (χ1) is 15.2. The molecule has 0 radical (unpaired) electrons. The van der Waals surface area contributed by atoms with Crippen LogP contribution in [0, 0.1) is 0 Å². The van der Waals surface area contributed by atoms with Gasteiger partial charge >= 0.3 is 0 Å². The second-order valence-corrected chi connectivity index (χ2v) is 7.67. The molecule has 6 heteroatoms. The van der Waals surface area contributed by atoms with Crippen LogP contribution in [0.4, 0.5) is 0 Å². The van der Waals surface area contributed by atoms with E-state index in [1.807, 2.05) is 66.7 Å². The van der Waals surface area contributed by atoms with E-state index in [1.54, 1.807) is 0 Å². The lowest BCUT2D eigenvalue weighted by Crippen LogP contribution is -2.30. The van der Waals surface area contributed by atoms with E-state index in [0.717, 1.165) is 29.2 Å². The molecule has 0 bridgehead atoms. The van der Waals surface area contributed by atoms with E-state index in [-0.39, 0.29) is 25.0 Å².